The molecule has 2 aromatic rings. The summed E-state index contributed by atoms with van der Waals surface area (Å²) < 4.78 is 5.01. The van der Waals surface area contributed by atoms with Gasteiger partial charge in [-0.2, -0.15) is 0 Å². The predicted octanol–water partition coefficient (Wildman–Crippen LogP) is 3.42. The third-order valence-corrected chi connectivity index (χ3v) is 3.93. The minimum absolute atomic E-state index is 0.320. The van der Waals surface area contributed by atoms with Crippen molar-refractivity contribution in [2.45, 2.75) is 33.7 Å². The van der Waals surface area contributed by atoms with E-state index in [0.29, 0.717) is 17.3 Å². The van der Waals surface area contributed by atoms with Gasteiger partial charge in [0.15, 0.2) is 6.61 Å². The van der Waals surface area contributed by atoms with Gasteiger partial charge in [-0.1, -0.05) is 0 Å². The Kier molecular flexibility index (Phi) is 6.72. The van der Waals surface area contributed by atoms with Crippen LogP contribution >= 0.6 is 0 Å². The molecule has 0 saturated heterocycles. The maximum Gasteiger partial charge on any atom is 0.340 e. The van der Waals surface area contributed by atoms with E-state index in [2.05, 4.69) is 36.0 Å². The number of rotatable bonds is 7. The molecule has 0 spiro atoms. The Hall–Kier alpha value is -2.89. The number of carbonyl (C=O) groups excluding carboxylic acids is 2. The second-order valence-electron chi connectivity index (χ2n) is 6.24. The minimum Gasteiger partial charge on any atom is -0.452 e. The van der Waals surface area contributed by atoms with Crippen LogP contribution < -0.4 is 10.2 Å². The highest BCUT2D eigenvalue weighted by atomic mass is 16.5. The number of aromatic nitrogens is 1. The monoisotopic (exact) mass is 355 g/mol. The van der Waals surface area contributed by atoms with Crippen LogP contribution in [0.5, 0.6) is 0 Å². The number of hydrogen-bond donors (Lipinski definition) is 1. The lowest BCUT2D eigenvalue weighted by Gasteiger charge is -2.27. The molecule has 0 atom stereocenters. The lowest BCUT2D eigenvalue weighted by Crippen LogP contribution is -2.30. The summed E-state index contributed by atoms with van der Waals surface area (Å²) in [6.07, 6.45) is 1.43. The zero-order chi connectivity index (χ0) is 19.1. The largest absolute Gasteiger partial charge is 0.452 e. The number of aryl methyl sites for hydroxylation is 1. The zero-order valence-corrected chi connectivity index (χ0v) is 15.7. The molecule has 26 heavy (non-hydrogen) atoms. The SMILES string of the molecule is CCN(c1ccc(NC(=O)COC(=O)c2ccc(C)nc2)cc1)C(C)C. The lowest BCUT2D eigenvalue weighted by atomic mass is 10.2. The third kappa shape index (κ3) is 5.31. The van der Waals surface area contributed by atoms with E-state index < -0.39 is 5.97 Å². The van der Waals surface area contributed by atoms with E-state index in [0.717, 1.165) is 17.9 Å². The van der Waals surface area contributed by atoms with Crippen LogP contribution in [0, 0.1) is 6.92 Å². The predicted molar refractivity (Wildman–Crippen MR) is 102 cm³/mol. The van der Waals surface area contributed by atoms with Crippen molar-refractivity contribution in [3.8, 4) is 0 Å². The first-order chi connectivity index (χ1) is 12.4. The Morgan fingerprint density at radius 2 is 1.85 bits per heavy atom. The normalized spacial score (nSPS) is 10.5. The van der Waals surface area contributed by atoms with Crippen LogP contribution in [0.3, 0.4) is 0 Å². The van der Waals surface area contributed by atoms with Crippen LogP contribution in [0.2, 0.25) is 0 Å². The summed E-state index contributed by atoms with van der Waals surface area (Å²) in [4.78, 5) is 30.1. The quantitative estimate of drug-likeness (QED) is 0.771. The summed E-state index contributed by atoms with van der Waals surface area (Å²) >= 11 is 0. The van der Waals surface area contributed by atoms with Crippen LogP contribution in [-0.4, -0.2) is 36.1 Å². The first-order valence-corrected chi connectivity index (χ1v) is 8.67. The Labute approximate surface area is 154 Å². The van der Waals surface area contributed by atoms with Gasteiger partial charge < -0.3 is 15.0 Å². The highest BCUT2D eigenvalue weighted by molar-refractivity contribution is 5.95. The van der Waals surface area contributed by atoms with Crippen molar-refractivity contribution in [3.63, 3.8) is 0 Å². The van der Waals surface area contributed by atoms with Gasteiger partial charge >= 0.3 is 5.97 Å². The molecular formula is C20H25N3O3. The Bertz CT molecular complexity index is 740. The molecule has 1 amide bonds. The van der Waals surface area contributed by atoms with Gasteiger partial charge in [-0.25, -0.2) is 4.79 Å². The second kappa shape index (κ2) is 8.99. The molecular weight excluding hydrogens is 330 g/mol. The minimum atomic E-state index is -0.571. The first-order valence-electron chi connectivity index (χ1n) is 8.67. The molecule has 1 aromatic carbocycles. The van der Waals surface area contributed by atoms with Crippen molar-refractivity contribution in [2.75, 3.05) is 23.4 Å². The van der Waals surface area contributed by atoms with Crippen molar-refractivity contribution in [1.29, 1.82) is 0 Å². The molecule has 0 radical (unpaired) electrons. The van der Waals surface area contributed by atoms with E-state index in [1.54, 1.807) is 12.1 Å². The van der Waals surface area contributed by atoms with E-state index in [1.807, 2.05) is 31.2 Å². The van der Waals surface area contributed by atoms with Crippen LogP contribution in [0.15, 0.2) is 42.6 Å². The van der Waals surface area contributed by atoms with Gasteiger partial charge in [-0.3, -0.25) is 9.78 Å². The molecule has 1 aromatic heterocycles. The van der Waals surface area contributed by atoms with Crippen molar-refractivity contribution in [3.05, 3.63) is 53.9 Å². The average Bonchev–Trinajstić information content (AvgIpc) is 2.62. The van der Waals surface area contributed by atoms with Crippen molar-refractivity contribution in [1.82, 2.24) is 4.98 Å². The number of anilines is 2. The van der Waals surface area contributed by atoms with E-state index in [9.17, 15) is 9.59 Å². The number of benzene rings is 1. The Morgan fingerprint density at radius 1 is 1.15 bits per heavy atom. The van der Waals surface area contributed by atoms with Crippen LogP contribution in [-0.2, 0) is 9.53 Å². The van der Waals surface area contributed by atoms with Gasteiger partial charge in [0.1, 0.15) is 0 Å². The molecule has 6 nitrogen and oxygen atoms in total. The Balaban J connectivity index is 1.87. The summed E-state index contributed by atoms with van der Waals surface area (Å²) in [7, 11) is 0. The van der Waals surface area contributed by atoms with E-state index in [4.69, 9.17) is 4.74 Å². The van der Waals surface area contributed by atoms with E-state index in [1.165, 1.54) is 6.20 Å². The molecule has 1 heterocycles. The number of pyridine rings is 1. The molecule has 0 unspecified atom stereocenters. The fraction of sp³-hybridized carbons (Fsp3) is 0.350. The third-order valence-electron chi connectivity index (χ3n) is 3.93. The summed E-state index contributed by atoms with van der Waals surface area (Å²) in [6, 6.07) is 11.3. The highest BCUT2D eigenvalue weighted by Crippen LogP contribution is 2.19. The van der Waals surface area contributed by atoms with Crippen molar-refractivity contribution >= 4 is 23.3 Å². The summed E-state index contributed by atoms with van der Waals surface area (Å²) in [6.45, 7) is 8.77. The van der Waals surface area contributed by atoms with Gasteiger partial charge in [0, 0.05) is 35.9 Å². The van der Waals surface area contributed by atoms with Crippen LogP contribution in [0.25, 0.3) is 0 Å². The number of hydrogen-bond acceptors (Lipinski definition) is 5. The maximum absolute atomic E-state index is 12.0. The number of carbonyl (C=O) groups is 2. The van der Waals surface area contributed by atoms with E-state index >= 15 is 0 Å². The molecule has 0 fully saturated rings. The fourth-order valence-electron chi connectivity index (χ4n) is 2.58. The number of ether oxygens (including phenoxy) is 1. The van der Waals surface area contributed by atoms with Crippen molar-refractivity contribution < 1.29 is 14.3 Å². The van der Waals surface area contributed by atoms with Crippen molar-refractivity contribution in [2.24, 2.45) is 0 Å². The molecule has 0 aliphatic carbocycles. The van der Waals surface area contributed by atoms with Gasteiger partial charge in [0.05, 0.1) is 5.56 Å². The smallest absolute Gasteiger partial charge is 0.340 e. The Morgan fingerprint density at radius 3 is 2.38 bits per heavy atom. The number of nitrogens with one attached hydrogen (secondary N) is 1. The zero-order valence-electron chi connectivity index (χ0n) is 15.7. The number of esters is 1. The van der Waals surface area contributed by atoms with Gasteiger partial charge in [0.25, 0.3) is 5.91 Å². The summed E-state index contributed by atoms with van der Waals surface area (Å²) in [5, 5.41) is 2.72. The molecule has 1 N–H and O–H groups in total. The van der Waals surface area contributed by atoms with Crippen LogP contribution in [0.4, 0.5) is 11.4 Å². The van der Waals surface area contributed by atoms with Crippen LogP contribution in [0.1, 0.15) is 36.8 Å². The summed E-state index contributed by atoms with van der Waals surface area (Å²) in [5.74, 6) is -0.958. The first kappa shape index (κ1) is 19.4. The van der Waals surface area contributed by atoms with E-state index in [-0.39, 0.29) is 12.5 Å². The highest BCUT2D eigenvalue weighted by Gasteiger charge is 2.12. The molecule has 2 rings (SSSR count). The standard InChI is InChI=1S/C20H25N3O3/c1-5-23(14(2)3)18-10-8-17(9-11-18)22-19(24)13-26-20(25)16-7-6-15(4)21-12-16/h6-12,14H,5,13H2,1-4H3,(H,22,24). The van der Waals surface area contributed by atoms with Gasteiger partial charge in [-0.15, -0.1) is 0 Å². The second-order valence-corrected chi connectivity index (χ2v) is 6.24. The van der Waals surface area contributed by atoms with Gasteiger partial charge in [-0.05, 0) is 64.1 Å². The lowest BCUT2D eigenvalue weighted by molar-refractivity contribution is -0.119. The molecule has 0 bridgehead atoms. The fourth-order valence-corrected chi connectivity index (χ4v) is 2.58. The molecule has 6 heteroatoms. The maximum atomic E-state index is 12.0. The summed E-state index contributed by atoms with van der Waals surface area (Å²) in [5.41, 5.74) is 2.88. The molecule has 0 aliphatic heterocycles. The van der Waals surface area contributed by atoms with Gasteiger partial charge in [0.2, 0.25) is 0 Å². The number of nitrogens with zero attached hydrogens (tertiary/aromatic N) is 2. The average molecular weight is 355 g/mol. The molecule has 0 saturated carbocycles. The topological polar surface area (TPSA) is 71.5 Å². The molecule has 138 valence electrons. The number of amides is 1. The molecule has 0 aliphatic rings.